The predicted molar refractivity (Wildman–Crippen MR) is 65.4 cm³/mol. The van der Waals surface area contributed by atoms with Gasteiger partial charge in [-0.2, -0.15) is 12.7 Å². The fraction of sp³-hybridized carbons (Fsp3) is 0.500. The normalized spacial score (nSPS) is 17.3. The molecule has 0 bridgehead atoms. The zero-order chi connectivity index (χ0) is 12.5. The zero-order valence-corrected chi connectivity index (χ0v) is 11.1. The maximum Gasteiger partial charge on any atom is 0.302 e. The van der Waals surface area contributed by atoms with Gasteiger partial charge in [-0.25, -0.2) is 9.97 Å². The molecule has 2 rings (SSSR count). The molecule has 6 nitrogen and oxygen atoms in total. The largest absolute Gasteiger partial charge is 0.302 e. The summed E-state index contributed by atoms with van der Waals surface area (Å²) in [5.74, 6) is -0.00133. The van der Waals surface area contributed by atoms with E-state index in [1.165, 1.54) is 4.31 Å². The molecule has 2 heterocycles. The fourth-order valence-corrected chi connectivity index (χ4v) is 3.14. The van der Waals surface area contributed by atoms with E-state index in [2.05, 4.69) is 14.7 Å². The van der Waals surface area contributed by atoms with Crippen molar-refractivity contribution in [3.63, 3.8) is 0 Å². The van der Waals surface area contributed by atoms with Gasteiger partial charge in [-0.05, 0) is 12.8 Å². The third-order valence-electron chi connectivity index (χ3n) is 2.38. The molecule has 17 heavy (non-hydrogen) atoms. The quantitative estimate of drug-likeness (QED) is 0.859. The number of aromatic nitrogens is 2. The van der Waals surface area contributed by atoms with Crippen LogP contribution in [0.3, 0.4) is 0 Å². The van der Waals surface area contributed by atoms with Crippen LogP contribution < -0.4 is 4.72 Å². The number of nitrogens with zero attached hydrogens (tertiary/aromatic N) is 3. The molecule has 1 aliphatic heterocycles. The van der Waals surface area contributed by atoms with E-state index in [1.54, 1.807) is 0 Å². The first-order valence-corrected chi connectivity index (χ1v) is 7.14. The van der Waals surface area contributed by atoms with Gasteiger partial charge in [0.2, 0.25) is 0 Å². The predicted octanol–water partition coefficient (Wildman–Crippen LogP) is 1.54. The molecule has 0 amide bonds. The molecule has 9 heteroatoms. The second-order valence-corrected chi connectivity index (χ2v) is 5.95. The standard InChI is InChI=1S/C8H10Cl2N4O2S/c9-6-7(10)11-5-12-8(6)13-17(15,16)14-3-1-2-4-14/h5H,1-4H2,(H,11,12,13). The highest BCUT2D eigenvalue weighted by Crippen LogP contribution is 2.27. The molecular weight excluding hydrogens is 287 g/mol. The molecule has 1 saturated heterocycles. The molecule has 1 N–H and O–H groups in total. The summed E-state index contributed by atoms with van der Waals surface area (Å²) in [6, 6.07) is 0. The highest BCUT2D eigenvalue weighted by molar-refractivity contribution is 7.90. The van der Waals surface area contributed by atoms with Crippen LogP contribution in [0.1, 0.15) is 12.8 Å². The molecule has 1 aromatic rings. The third kappa shape index (κ3) is 2.79. The molecule has 1 fully saturated rings. The van der Waals surface area contributed by atoms with Crippen molar-refractivity contribution in [3.05, 3.63) is 16.5 Å². The van der Waals surface area contributed by atoms with Gasteiger partial charge in [0.25, 0.3) is 0 Å². The van der Waals surface area contributed by atoms with Crippen molar-refractivity contribution in [1.82, 2.24) is 14.3 Å². The van der Waals surface area contributed by atoms with Crippen molar-refractivity contribution >= 4 is 39.2 Å². The van der Waals surface area contributed by atoms with Crippen LogP contribution in [0.25, 0.3) is 0 Å². The molecule has 1 aliphatic rings. The van der Waals surface area contributed by atoms with Crippen molar-refractivity contribution in [1.29, 1.82) is 0 Å². The van der Waals surface area contributed by atoms with E-state index in [1.807, 2.05) is 0 Å². The van der Waals surface area contributed by atoms with Gasteiger partial charge in [-0.1, -0.05) is 23.2 Å². The summed E-state index contributed by atoms with van der Waals surface area (Å²) in [6.07, 6.45) is 2.87. The average molecular weight is 297 g/mol. The van der Waals surface area contributed by atoms with Crippen LogP contribution in [0.4, 0.5) is 5.82 Å². The fourth-order valence-electron chi connectivity index (χ4n) is 1.53. The van der Waals surface area contributed by atoms with E-state index in [9.17, 15) is 8.42 Å². The van der Waals surface area contributed by atoms with Crippen LogP contribution in [0.5, 0.6) is 0 Å². The highest BCUT2D eigenvalue weighted by atomic mass is 35.5. The van der Waals surface area contributed by atoms with Gasteiger partial charge in [0, 0.05) is 13.1 Å². The number of anilines is 1. The minimum atomic E-state index is -3.60. The van der Waals surface area contributed by atoms with Crippen LogP contribution in [-0.4, -0.2) is 35.8 Å². The van der Waals surface area contributed by atoms with E-state index < -0.39 is 10.2 Å². The SMILES string of the molecule is O=S(=O)(Nc1ncnc(Cl)c1Cl)N1CCCC1. The van der Waals surface area contributed by atoms with Gasteiger partial charge in [0.15, 0.2) is 11.0 Å². The summed E-state index contributed by atoms with van der Waals surface area (Å²) in [5.41, 5.74) is 0. The summed E-state index contributed by atoms with van der Waals surface area (Å²) in [5, 5.41) is 0.0118. The van der Waals surface area contributed by atoms with Gasteiger partial charge < -0.3 is 0 Å². The molecular formula is C8H10Cl2N4O2S. The van der Waals surface area contributed by atoms with Crippen molar-refractivity contribution in [2.45, 2.75) is 12.8 Å². The Labute approximate surface area is 109 Å². The first kappa shape index (κ1) is 12.8. The molecule has 0 spiro atoms. The highest BCUT2D eigenvalue weighted by Gasteiger charge is 2.26. The van der Waals surface area contributed by atoms with Gasteiger partial charge in [-0.15, -0.1) is 0 Å². The smallest absolute Gasteiger partial charge is 0.253 e. The van der Waals surface area contributed by atoms with Crippen LogP contribution in [0, 0.1) is 0 Å². The third-order valence-corrected chi connectivity index (χ3v) is 4.62. The summed E-state index contributed by atoms with van der Waals surface area (Å²) >= 11 is 11.5. The Balaban J connectivity index is 2.23. The summed E-state index contributed by atoms with van der Waals surface area (Å²) in [6.45, 7) is 1.01. The maximum atomic E-state index is 11.9. The topological polar surface area (TPSA) is 75.2 Å². The second kappa shape index (κ2) is 4.93. The minimum Gasteiger partial charge on any atom is -0.253 e. The molecule has 94 valence electrons. The molecule has 0 aromatic carbocycles. The van der Waals surface area contributed by atoms with Crippen LogP contribution in [0.2, 0.25) is 10.2 Å². The monoisotopic (exact) mass is 296 g/mol. The van der Waals surface area contributed by atoms with E-state index in [0.29, 0.717) is 13.1 Å². The second-order valence-electron chi connectivity index (χ2n) is 3.54. The van der Waals surface area contributed by atoms with Crippen molar-refractivity contribution in [3.8, 4) is 0 Å². The Morgan fingerprint density at radius 3 is 2.53 bits per heavy atom. The Hall–Kier alpha value is -0.630. The van der Waals surface area contributed by atoms with Crippen LogP contribution in [-0.2, 0) is 10.2 Å². The lowest BCUT2D eigenvalue weighted by atomic mass is 10.4. The lowest BCUT2D eigenvalue weighted by Crippen LogP contribution is -2.33. The number of hydrogen-bond acceptors (Lipinski definition) is 4. The van der Waals surface area contributed by atoms with Crippen molar-refractivity contribution < 1.29 is 8.42 Å². The summed E-state index contributed by atoms with van der Waals surface area (Å²) in [7, 11) is -3.60. The summed E-state index contributed by atoms with van der Waals surface area (Å²) < 4.78 is 27.5. The van der Waals surface area contributed by atoms with Crippen molar-refractivity contribution in [2.24, 2.45) is 0 Å². The van der Waals surface area contributed by atoms with E-state index in [-0.39, 0.29) is 16.0 Å². The lowest BCUT2D eigenvalue weighted by molar-refractivity contribution is 0.482. The number of rotatable bonds is 3. The minimum absolute atomic E-state index is 0.00133. The van der Waals surface area contributed by atoms with E-state index in [4.69, 9.17) is 23.2 Å². The molecule has 0 atom stereocenters. The Morgan fingerprint density at radius 1 is 1.24 bits per heavy atom. The zero-order valence-electron chi connectivity index (χ0n) is 8.73. The molecule has 1 aromatic heterocycles. The molecule has 0 radical (unpaired) electrons. The van der Waals surface area contributed by atoms with Gasteiger partial charge in [0.05, 0.1) is 0 Å². The lowest BCUT2D eigenvalue weighted by Gasteiger charge is -2.16. The molecule has 0 saturated carbocycles. The molecule has 0 unspecified atom stereocenters. The average Bonchev–Trinajstić information content (AvgIpc) is 2.78. The Kier molecular flexibility index (Phi) is 3.72. The first-order chi connectivity index (χ1) is 8.00. The Morgan fingerprint density at radius 2 is 1.88 bits per heavy atom. The molecule has 0 aliphatic carbocycles. The maximum absolute atomic E-state index is 11.9. The summed E-state index contributed by atoms with van der Waals surface area (Å²) in [4.78, 5) is 7.39. The number of halogens is 2. The van der Waals surface area contributed by atoms with Crippen LogP contribution in [0.15, 0.2) is 6.33 Å². The number of hydrogen-bond donors (Lipinski definition) is 1. The van der Waals surface area contributed by atoms with Gasteiger partial charge >= 0.3 is 10.2 Å². The van der Waals surface area contributed by atoms with Gasteiger partial charge in [-0.3, -0.25) is 4.72 Å². The first-order valence-electron chi connectivity index (χ1n) is 4.94. The Bertz CT molecular complexity index is 516. The number of nitrogens with one attached hydrogen (secondary N) is 1. The van der Waals surface area contributed by atoms with Crippen LogP contribution >= 0.6 is 23.2 Å². The van der Waals surface area contributed by atoms with E-state index in [0.717, 1.165) is 19.2 Å². The van der Waals surface area contributed by atoms with Gasteiger partial charge in [0.1, 0.15) is 11.3 Å². The van der Waals surface area contributed by atoms with E-state index >= 15 is 0 Å². The van der Waals surface area contributed by atoms with Crippen molar-refractivity contribution in [2.75, 3.05) is 17.8 Å².